The topological polar surface area (TPSA) is 64.7 Å². The molecular weight excluding hydrogens is 376 g/mol. The third kappa shape index (κ3) is 7.63. The van der Waals surface area contributed by atoms with Crippen LogP contribution in [0.5, 0.6) is 0 Å². The molecular formula is C24H38N4O2. The second-order valence-electron chi connectivity index (χ2n) is 8.97. The number of carbonyl (C=O) groups is 2. The summed E-state index contributed by atoms with van der Waals surface area (Å²) in [5.74, 6) is 0.917. The SMILES string of the molecule is CN(Cc1ccccc1)C(=O)NCCC(=O)NC1CCN(CC2CCCCC2)CC1. The molecule has 2 N–H and O–H groups in total. The van der Waals surface area contributed by atoms with Crippen molar-refractivity contribution in [3.63, 3.8) is 0 Å². The number of nitrogens with zero attached hydrogens (tertiary/aromatic N) is 2. The van der Waals surface area contributed by atoms with Gasteiger partial charge in [0, 0.05) is 52.2 Å². The fourth-order valence-corrected chi connectivity index (χ4v) is 4.64. The fraction of sp³-hybridized carbons (Fsp3) is 0.667. The highest BCUT2D eigenvalue weighted by molar-refractivity contribution is 5.78. The van der Waals surface area contributed by atoms with Gasteiger partial charge in [0.2, 0.25) is 5.91 Å². The molecule has 1 aromatic carbocycles. The summed E-state index contributed by atoms with van der Waals surface area (Å²) in [6.07, 6.45) is 9.38. The van der Waals surface area contributed by atoms with Crippen LogP contribution in [0.1, 0.15) is 56.9 Å². The fourth-order valence-electron chi connectivity index (χ4n) is 4.64. The van der Waals surface area contributed by atoms with Crippen molar-refractivity contribution in [2.75, 3.05) is 33.2 Å². The van der Waals surface area contributed by atoms with Gasteiger partial charge in [0.05, 0.1) is 0 Å². The summed E-state index contributed by atoms with van der Waals surface area (Å²) in [4.78, 5) is 28.7. The normalized spacial score (nSPS) is 18.7. The maximum Gasteiger partial charge on any atom is 0.317 e. The first kappa shape index (κ1) is 22.6. The van der Waals surface area contributed by atoms with Gasteiger partial charge in [-0.05, 0) is 37.2 Å². The van der Waals surface area contributed by atoms with E-state index in [9.17, 15) is 9.59 Å². The molecule has 0 aromatic heterocycles. The predicted molar refractivity (Wildman–Crippen MR) is 120 cm³/mol. The largest absolute Gasteiger partial charge is 0.353 e. The Labute approximate surface area is 181 Å². The third-order valence-electron chi connectivity index (χ3n) is 6.43. The van der Waals surface area contributed by atoms with Gasteiger partial charge in [-0.15, -0.1) is 0 Å². The van der Waals surface area contributed by atoms with Crippen LogP contribution in [-0.4, -0.2) is 61.0 Å². The molecule has 1 saturated heterocycles. The number of piperidine rings is 1. The van der Waals surface area contributed by atoms with Gasteiger partial charge in [0.1, 0.15) is 0 Å². The average Bonchev–Trinajstić information content (AvgIpc) is 2.76. The van der Waals surface area contributed by atoms with Crippen molar-refractivity contribution in [2.45, 2.75) is 64.0 Å². The summed E-state index contributed by atoms with van der Waals surface area (Å²) in [6, 6.07) is 10.0. The van der Waals surface area contributed by atoms with Gasteiger partial charge in [-0.2, -0.15) is 0 Å². The van der Waals surface area contributed by atoms with E-state index in [-0.39, 0.29) is 18.0 Å². The molecule has 0 unspecified atom stereocenters. The molecule has 166 valence electrons. The number of nitrogens with one attached hydrogen (secondary N) is 2. The Hall–Kier alpha value is -2.08. The lowest BCUT2D eigenvalue weighted by molar-refractivity contribution is -0.122. The number of rotatable bonds is 8. The van der Waals surface area contributed by atoms with Crippen LogP contribution in [0.15, 0.2) is 30.3 Å². The van der Waals surface area contributed by atoms with Gasteiger partial charge < -0.3 is 20.4 Å². The van der Waals surface area contributed by atoms with E-state index < -0.39 is 0 Å². The number of amides is 3. The first-order valence-corrected chi connectivity index (χ1v) is 11.6. The number of carbonyl (C=O) groups excluding carboxylic acids is 2. The van der Waals surface area contributed by atoms with E-state index in [2.05, 4.69) is 15.5 Å². The van der Waals surface area contributed by atoms with Crippen molar-refractivity contribution < 1.29 is 9.59 Å². The maximum absolute atomic E-state index is 12.3. The minimum Gasteiger partial charge on any atom is -0.353 e. The minimum atomic E-state index is -0.150. The first-order chi connectivity index (χ1) is 14.6. The molecule has 0 spiro atoms. The van der Waals surface area contributed by atoms with Gasteiger partial charge in [-0.3, -0.25) is 4.79 Å². The van der Waals surface area contributed by atoms with Crippen molar-refractivity contribution in [3.8, 4) is 0 Å². The Morgan fingerprint density at radius 1 is 1.03 bits per heavy atom. The van der Waals surface area contributed by atoms with Gasteiger partial charge in [-0.25, -0.2) is 4.79 Å². The summed E-state index contributed by atoms with van der Waals surface area (Å²) >= 11 is 0. The molecule has 3 amide bonds. The molecule has 0 radical (unpaired) electrons. The summed E-state index contributed by atoms with van der Waals surface area (Å²) in [6.45, 7) is 4.33. The lowest BCUT2D eigenvalue weighted by Crippen LogP contribution is -2.46. The predicted octanol–water partition coefficient (Wildman–Crippen LogP) is 3.38. The lowest BCUT2D eigenvalue weighted by Gasteiger charge is -2.35. The van der Waals surface area contributed by atoms with Crippen LogP contribution in [0.4, 0.5) is 4.79 Å². The summed E-state index contributed by atoms with van der Waals surface area (Å²) in [7, 11) is 1.77. The van der Waals surface area contributed by atoms with Gasteiger partial charge in [-0.1, -0.05) is 49.6 Å². The molecule has 2 aliphatic rings. The van der Waals surface area contributed by atoms with Crippen LogP contribution >= 0.6 is 0 Å². The maximum atomic E-state index is 12.3. The molecule has 1 saturated carbocycles. The van der Waals surface area contributed by atoms with Crippen molar-refractivity contribution in [3.05, 3.63) is 35.9 Å². The first-order valence-electron chi connectivity index (χ1n) is 11.6. The molecule has 2 fully saturated rings. The monoisotopic (exact) mass is 414 g/mol. The van der Waals surface area contributed by atoms with E-state index in [1.165, 1.54) is 38.6 Å². The van der Waals surface area contributed by atoms with E-state index >= 15 is 0 Å². The van der Waals surface area contributed by atoms with Crippen molar-refractivity contribution in [1.29, 1.82) is 0 Å². The van der Waals surface area contributed by atoms with Crippen LogP contribution in [0, 0.1) is 5.92 Å². The summed E-state index contributed by atoms with van der Waals surface area (Å²) < 4.78 is 0. The van der Waals surface area contributed by atoms with Crippen LogP contribution in [-0.2, 0) is 11.3 Å². The molecule has 6 nitrogen and oxygen atoms in total. The van der Waals surface area contributed by atoms with E-state index in [0.717, 1.165) is 37.4 Å². The third-order valence-corrected chi connectivity index (χ3v) is 6.43. The summed E-state index contributed by atoms with van der Waals surface area (Å²) in [5, 5.41) is 6.00. The number of hydrogen-bond donors (Lipinski definition) is 2. The van der Waals surface area contributed by atoms with Gasteiger partial charge in [0.25, 0.3) is 0 Å². The molecule has 6 heteroatoms. The molecule has 0 atom stereocenters. The van der Waals surface area contributed by atoms with Crippen molar-refractivity contribution >= 4 is 11.9 Å². The Morgan fingerprint density at radius 3 is 2.43 bits per heavy atom. The molecule has 1 aliphatic carbocycles. The number of benzene rings is 1. The Balaban J connectivity index is 1.26. The van der Waals surface area contributed by atoms with E-state index in [1.54, 1.807) is 11.9 Å². The molecule has 1 heterocycles. The molecule has 0 bridgehead atoms. The van der Waals surface area contributed by atoms with Crippen molar-refractivity contribution in [1.82, 2.24) is 20.4 Å². The molecule has 1 aliphatic heterocycles. The van der Waals surface area contributed by atoms with Crippen molar-refractivity contribution in [2.24, 2.45) is 5.92 Å². The number of likely N-dealkylation sites (tertiary alicyclic amines) is 1. The quantitative estimate of drug-likeness (QED) is 0.685. The highest BCUT2D eigenvalue weighted by Gasteiger charge is 2.23. The zero-order valence-corrected chi connectivity index (χ0v) is 18.4. The molecule has 1 aromatic rings. The zero-order chi connectivity index (χ0) is 21.2. The minimum absolute atomic E-state index is 0.0340. The molecule has 3 rings (SSSR count). The average molecular weight is 415 g/mol. The van der Waals surface area contributed by atoms with Crippen LogP contribution < -0.4 is 10.6 Å². The Kier molecular flexibility index (Phi) is 9.00. The highest BCUT2D eigenvalue weighted by Crippen LogP contribution is 2.25. The lowest BCUT2D eigenvalue weighted by atomic mass is 9.88. The standard InChI is InChI=1S/C24H38N4O2/c1-27(18-20-8-4-2-5-9-20)24(30)25-15-12-23(29)26-22-13-16-28(17-14-22)19-21-10-6-3-7-11-21/h2,4-5,8-9,21-22H,3,6-7,10-19H2,1H3,(H,25,30)(H,26,29). The smallest absolute Gasteiger partial charge is 0.317 e. The van der Waals surface area contributed by atoms with E-state index in [0.29, 0.717) is 19.5 Å². The second kappa shape index (κ2) is 11.9. The van der Waals surface area contributed by atoms with Crippen LogP contribution in [0.25, 0.3) is 0 Å². The van der Waals surface area contributed by atoms with Crippen LogP contribution in [0.2, 0.25) is 0 Å². The Morgan fingerprint density at radius 2 is 1.73 bits per heavy atom. The summed E-state index contributed by atoms with van der Waals surface area (Å²) in [5.41, 5.74) is 1.09. The van der Waals surface area contributed by atoms with E-state index in [1.807, 2.05) is 30.3 Å². The number of urea groups is 1. The Bertz CT molecular complexity index is 652. The van der Waals surface area contributed by atoms with Crippen LogP contribution in [0.3, 0.4) is 0 Å². The van der Waals surface area contributed by atoms with Gasteiger partial charge in [0.15, 0.2) is 0 Å². The zero-order valence-electron chi connectivity index (χ0n) is 18.4. The number of hydrogen-bond acceptors (Lipinski definition) is 3. The molecule has 30 heavy (non-hydrogen) atoms. The van der Waals surface area contributed by atoms with Gasteiger partial charge >= 0.3 is 6.03 Å². The second-order valence-corrected chi connectivity index (χ2v) is 8.97. The highest BCUT2D eigenvalue weighted by atomic mass is 16.2. The van der Waals surface area contributed by atoms with E-state index in [4.69, 9.17) is 0 Å².